The molecule has 1 aromatic carbocycles. The number of aliphatic imine (C=N–C) groups is 1. The van der Waals surface area contributed by atoms with E-state index in [-0.39, 0.29) is 5.69 Å². The molecule has 1 N–H and O–H groups in total. The van der Waals surface area contributed by atoms with E-state index >= 15 is 0 Å². The van der Waals surface area contributed by atoms with Crippen molar-refractivity contribution in [2.24, 2.45) is 10.1 Å². The van der Waals surface area contributed by atoms with E-state index in [0.29, 0.717) is 11.5 Å². The van der Waals surface area contributed by atoms with E-state index in [1.807, 2.05) is 6.07 Å². The second kappa shape index (κ2) is 7.54. The summed E-state index contributed by atoms with van der Waals surface area (Å²) in [4.78, 5) is 14.7. The van der Waals surface area contributed by atoms with Crippen molar-refractivity contribution in [1.29, 1.82) is 0 Å². The van der Waals surface area contributed by atoms with Crippen LogP contribution in [0.25, 0.3) is 11.3 Å². The second-order valence-electron chi connectivity index (χ2n) is 5.52. The summed E-state index contributed by atoms with van der Waals surface area (Å²) >= 11 is 0. The fourth-order valence-corrected chi connectivity index (χ4v) is 2.46. The molecular formula is C17H18N4O3. The zero-order valence-corrected chi connectivity index (χ0v) is 13.1. The number of rotatable bonds is 4. The number of hydrazone groups is 1. The van der Waals surface area contributed by atoms with Gasteiger partial charge in [-0.05, 0) is 37.1 Å². The predicted molar refractivity (Wildman–Crippen MR) is 92.3 cm³/mol. The van der Waals surface area contributed by atoms with Crippen LogP contribution in [0, 0.1) is 10.1 Å². The van der Waals surface area contributed by atoms with E-state index in [1.54, 1.807) is 24.4 Å². The van der Waals surface area contributed by atoms with Gasteiger partial charge in [0, 0.05) is 30.7 Å². The molecular weight excluding hydrogens is 308 g/mol. The molecule has 7 heteroatoms. The highest BCUT2D eigenvalue weighted by Crippen LogP contribution is 2.23. The minimum atomic E-state index is -0.425. The van der Waals surface area contributed by atoms with Crippen LogP contribution in [-0.2, 0) is 0 Å². The van der Waals surface area contributed by atoms with Gasteiger partial charge in [-0.25, -0.2) is 0 Å². The fourth-order valence-electron chi connectivity index (χ4n) is 2.46. The quantitative estimate of drug-likeness (QED) is 0.526. The molecule has 1 aliphatic rings. The van der Waals surface area contributed by atoms with Crippen LogP contribution in [0.2, 0.25) is 0 Å². The van der Waals surface area contributed by atoms with Crippen LogP contribution in [-0.4, -0.2) is 23.5 Å². The van der Waals surface area contributed by atoms with Crippen LogP contribution >= 0.6 is 0 Å². The minimum absolute atomic E-state index is 0.0560. The molecule has 0 aliphatic carbocycles. The van der Waals surface area contributed by atoms with Crippen LogP contribution in [0.1, 0.15) is 31.4 Å². The summed E-state index contributed by atoms with van der Waals surface area (Å²) in [6, 6.07) is 9.85. The van der Waals surface area contributed by atoms with Gasteiger partial charge in [0.25, 0.3) is 5.69 Å². The zero-order chi connectivity index (χ0) is 16.8. The Bertz CT molecular complexity index is 762. The lowest BCUT2D eigenvalue weighted by Gasteiger charge is -2.01. The molecule has 0 saturated heterocycles. The fraction of sp³-hybridized carbons (Fsp3) is 0.294. The highest BCUT2D eigenvalue weighted by Gasteiger charge is 2.08. The summed E-state index contributed by atoms with van der Waals surface area (Å²) in [6.45, 7) is 0.850. The molecule has 1 aliphatic heterocycles. The maximum atomic E-state index is 10.7. The molecule has 2 heterocycles. The smallest absolute Gasteiger partial charge is 0.269 e. The Balaban J connectivity index is 1.63. The van der Waals surface area contributed by atoms with Gasteiger partial charge in [0.1, 0.15) is 17.4 Å². The standard InChI is InChI=1S/C17H18N4O3/c22-21(23)14-7-5-13(6-8-14)16-10-9-15(24-16)12-19-20-17-4-2-1-3-11-18-17/h5-10,12H,1-4,11H2,(H,18,20)/b19-12-. The topological polar surface area (TPSA) is 93.0 Å². The van der Waals surface area contributed by atoms with Crippen molar-refractivity contribution < 1.29 is 9.34 Å². The van der Waals surface area contributed by atoms with Gasteiger partial charge in [0.2, 0.25) is 0 Å². The first-order chi connectivity index (χ1) is 11.7. The lowest BCUT2D eigenvalue weighted by atomic mass is 10.1. The number of nitro groups is 1. The van der Waals surface area contributed by atoms with E-state index in [4.69, 9.17) is 4.42 Å². The molecule has 0 saturated carbocycles. The maximum Gasteiger partial charge on any atom is 0.269 e. The number of hydrogen-bond acceptors (Lipinski definition) is 6. The lowest BCUT2D eigenvalue weighted by molar-refractivity contribution is -0.384. The number of furan rings is 1. The van der Waals surface area contributed by atoms with Gasteiger partial charge >= 0.3 is 0 Å². The van der Waals surface area contributed by atoms with Crippen molar-refractivity contribution in [3.8, 4) is 11.3 Å². The largest absolute Gasteiger partial charge is 0.455 e. The molecule has 0 fully saturated rings. The summed E-state index contributed by atoms with van der Waals surface area (Å²) in [5.74, 6) is 2.15. The first kappa shape index (κ1) is 15.9. The van der Waals surface area contributed by atoms with Crippen LogP contribution in [0.5, 0.6) is 0 Å². The van der Waals surface area contributed by atoms with Crippen molar-refractivity contribution in [1.82, 2.24) is 5.43 Å². The molecule has 0 amide bonds. The Kier molecular flexibility index (Phi) is 5.00. The summed E-state index contributed by atoms with van der Waals surface area (Å²) < 4.78 is 5.69. The predicted octanol–water partition coefficient (Wildman–Crippen LogP) is 3.75. The minimum Gasteiger partial charge on any atom is -0.455 e. The third-order valence-electron chi connectivity index (χ3n) is 3.75. The number of benzene rings is 1. The average molecular weight is 326 g/mol. The molecule has 0 bridgehead atoms. The average Bonchev–Trinajstić information content (AvgIpc) is 2.91. The molecule has 3 rings (SSSR count). The Labute approximate surface area is 139 Å². The monoisotopic (exact) mass is 326 g/mol. The number of nitro benzene ring substituents is 1. The highest BCUT2D eigenvalue weighted by molar-refractivity contribution is 5.84. The van der Waals surface area contributed by atoms with Crippen molar-refractivity contribution in [3.63, 3.8) is 0 Å². The van der Waals surface area contributed by atoms with Crippen LogP contribution in [0.15, 0.2) is 50.9 Å². The summed E-state index contributed by atoms with van der Waals surface area (Å²) in [6.07, 6.45) is 5.99. The molecule has 124 valence electrons. The number of non-ortho nitro benzene ring substituents is 1. The summed E-state index contributed by atoms with van der Waals surface area (Å²) in [5.41, 5.74) is 3.80. The molecule has 7 nitrogen and oxygen atoms in total. The molecule has 24 heavy (non-hydrogen) atoms. The number of hydrogen-bond donors (Lipinski definition) is 1. The lowest BCUT2D eigenvalue weighted by Crippen LogP contribution is -2.17. The third kappa shape index (κ3) is 4.07. The molecule has 0 spiro atoms. The van der Waals surface area contributed by atoms with Gasteiger partial charge in [-0.1, -0.05) is 6.42 Å². The Morgan fingerprint density at radius 1 is 1.17 bits per heavy atom. The first-order valence-electron chi connectivity index (χ1n) is 7.89. The molecule has 1 aromatic heterocycles. The van der Waals surface area contributed by atoms with Crippen LogP contribution < -0.4 is 5.43 Å². The second-order valence-corrected chi connectivity index (χ2v) is 5.52. The number of amidine groups is 1. The van der Waals surface area contributed by atoms with Gasteiger partial charge in [0.05, 0.1) is 11.1 Å². The molecule has 0 radical (unpaired) electrons. The zero-order valence-electron chi connectivity index (χ0n) is 13.1. The van der Waals surface area contributed by atoms with Gasteiger partial charge in [-0.15, -0.1) is 0 Å². The summed E-state index contributed by atoms with van der Waals surface area (Å²) in [5, 5.41) is 14.8. The summed E-state index contributed by atoms with van der Waals surface area (Å²) in [7, 11) is 0. The third-order valence-corrected chi connectivity index (χ3v) is 3.75. The Morgan fingerprint density at radius 3 is 2.79 bits per heavy atom. The highest BCUT2D eigenvalue weighted by atomic mass is 16.6. The van der Waals surface area contributed by atoms with Crippen molar-refractivity contribution in [3.05, 3.63) is 52.3 Å². The SMILES string of the molecule is O=[N+]([O-])c1ccc(-c2ccc(/C=N\NC3=NCCCCC3)o2)cc1. The van der Waals surface area contributed by atoms with Crippen LogP contribution in [0.4, 0.5) is 5.69 Å². The van der Waals surface area contributed by atoms with E-state index in [1.165, 1.54) is 18.6 Å². The van der Waals surface area contributed by atoms with E-state index in [9.17, 15) is 10.1 Å². The maximum absolute atomic E-state index is 10.7. The first-order valence-corrected chi connectivity index (χ1v) is 7.89. The Hall–Kier alpha value is -2.96. The molecule has 0 unspecified atom stereocenters. The number of nitrogens with zero attached hydrogens (tertiary/aromatic N) is 3. The van der Waals surface area contributed by atoms with E-state index in [0.717, 1.165) is 37.2 Å². The van der Waals surface area contributed by atoms with Gasteiger partial charge in [0.15, 0.2) is 0 Å². The normalized spacial score (nSPS) is 15.1. The van der Waals surface area contributed by atoms with E-state index in [2.05, 4.69) is 15.5 Å². The Morgan fingerprint density at radius 2 is 2.00 bits per heavy atom. The van der Waals surface area contributed by atoms with Crippen LogP contribution in [0.3, 0.4) is 0 Å². The van der Waals surface area contributed by atoms with Gasteiger partial charge in [-0.2, -0.15) is 5.10 Å². The van der Waals surface area contributed by atoms with Crippen molar-refractivity contribution in [2.45, 2.75) is 25.7 Å². The van der Waals surface area contributed by atoms with E-state index < -0.39 is 4.92 Å². The number of nitrogens with one attached hydrogen (secondary N) is 1. The van der Waals surface area contributed by atoms with Gasteiger partial charge < -0.3 is 4.42 Å². The van der Waals surface area contributed by atoms with Crippen molar-refractivity contribution >= 4 is 17.7 Å². The molecule has 2 aromatic rings. The van der Waals surface area contributed by atoms with Gasteiger partial charge in [-0.3, -0.25) is 20.5 Å². The molecule has 0 atom stereocenters. The van der Waals surface area contributed by atoms with Crippen molar-refractivity contribution in [2.75, 3.05) is 6.54 Å².